The van der Waals surface area contributed by atoms with Crippen molar-refractivity contribution in [3.05, 3.63) is 29.8 Å². The Morgan fingerprint density at radius 3 is 1.64 bits per heavy atom. The lowest BCUT2D eigenvalue weighted by atomic mass is 9.94. The molecule has 0 aromatic heterocycles. The van der Waals surface area contributed by atoms with Crippen LogP contribution < -0.4 is 60.6 Å². The van der Waals surface area contributed by atoms with E-state index in [1.54, 1.807) is 0 Å². The van der Waals surface area contributed by atoms with Crippen molar-refractivity contribution in [2.45, 2.75) is 107 Å². The van der Waals surface area contributed by atoms with E-state index in [1.807, 2.05) is 0 Å². The molecular formula is C34H61N11O9S. The quantitative estimate of drug-likeness (QED) is 0.0109. The van der Waals surface area contributed by atoms with Gasteiger partial charge in [0.1, 0.15) is 23.9 Å². The minimum absolute atomic E-state index is 0.0380. The topological polar surface area (TPSA) is 351 Å². The van der Waals surface area contributed by atoms with Crippen LogP contribution in [0.15, 0.2) is 24.3 Å². The number of unbranched alkanes of at least 4 members (excludes halogenated alkanes) is 2. The molecule has 0 unspecified atom stereocenters. The van der Waals surface area contributed by atoms with E-state index in [4.69, 9.17) is 22.9 Å². The molecule has 0 fully saturated rings. The highest BCUT2D eigenvalue weighted by atomic mass is 32.1. The van der Waals surface area contributed by atoms with Crippen LogP contribution in [0.2, 0.25) is 0 Å². The first-order valence-corrected chi connectivity index (χ1v) is 18.9. The second-order valence-corrected chi connectivity index (χ2v) is 13.4. The lowest BCUT2D eigenvalue weighted by Crippen LogP contribution is -2.60. The van der Waals surface area contributed by atoms with Gasteiger partial charge in [-0.2, -0.15) is 12.6 Å². The van der Waals surface area contributed by atoms with Crippen molar-refractivity contribution >= 4 is 47.8 Å². The molecule has 0 spiro atoms. The fourth-order valence-corrected chi connectivity index (χ4v) is 5.54. The van der Waals surface area contributed by atoms with Crippen molar-refractivity contribution in [1.82, 2.24) is 37.7 Å². The SMILES string of the molecule is CC(=O)[C@H](CS)NN[C@@H](CCCCN)C(=O)N[C@@H](CCCCN)C(=O)C(=O)[C@H](Cc1ccc(O)cc1)NN[C@@H](CCCNC(N)N)C(=O)N[C@@H](CO)C(=O)O. The van der Waals surface area contributed by atoms with Gasteiger partial charge in [0.15, 0.2) is 0 Å². The van der Waals surface area contributed by atoms with Crippen LogP contribution in [0.25, 0.3) is 0 Å². The third-order valence-electron chi connectivity index (χ3n) is 8.48. The molecule has 20 nitrogen and oxygen atoms in total. The highest BCUT2D eigenvalue weighted by Gasteiger charge is 2.35. The van der Waals surface area contributed by atoms with Gasteiger partial charge in [-0.1, -0.05) is 18.6 Å². The molecule has 0 aliphatic carbocycles. The Bertz CT molecular complexity index is 1340. The first-order valence-electron chi connectivity index (χ1n) is 18.3. The van der Waals surface area contributed by atoms with Crippen LogP contribution in [0.1, 0.15) is 63.9 Å². The van der Waals surface area contributed by atoms with E-state index in [9.17, 15) is 44.1 Å². The van der Waals surface area contributed by atoms with E-state index < -0.39 is 78.5 Å². The number of ketones is 3. The number of amides is 2. The number of carboxylic acids is 1. The van der Waals surface area contributed by atoms with Crippen LogP contribution in [-0.4, -0.2) is 125 Å². The monoisotopic (exact) mass is 799 g/mol. The zero-order valence-electron chi connectivity index (χ0n) is 31.3. The standard InChI is InChI=1S/C34H61N11O9S/c1-20(47)28(19-55)45-43-24(8-3-5-15-36)31(51)40-23(7-2-4-14-35)29(49)30(50)26(17-21-10-12-22(48)13-11-21)44-42-25(9-6-16-39-34(37)38)32(52)41-27(18-46)33(53)54/h10-13,23-28,34,39,42-46,48,55H,2-9,14-19,35-38H2,1H3,(H,40,51)(H,41,52)(H,53,54)/t23-,24-,25-,26-,27-,28-/m0/s1. The van der Waals surface area contributed by atoms with Crippen LogP contribution >= 0.6 is 12.6 Å². The fraction of sp³-hybridized carbons (Fsp3) is 0.647. The van der Waals surface area contributed by atoms with E-state index in [0.29, 0.717) is 50.8 Å². The number of hydrogen-bond donors (Lipinski definition) is 15. The molecule has 1 aromatic carbocycles. The van der Waals surface area contributed by atoms with Crippen LogP contribution in [0.5, 0.6) is 5.75 Å². The maximum Gasteiger partial charge on any atom is 0.328 e. The summed E-state index contributed by atoms with van der Waals surface area (Å²) in [6, 6.07) is -1.17. The number of phenolic OH excluding ortho intramolecular Hbond substituents is 1. The zero-order chi connectivity index (χ0) is 41.3. The van der Waals surface area contributed by atoms with Crippen molar-refractivity contribution in [1.29, 1.82) is 0 Å². The largest absolute Gasteiger partial charge is 0.508 e. The molecule has 21 heteroatoms. The second-order valence-electron chi connectivity index (χ2n) is 13.0. The molecule has 1 aromatic rings. The Morgan fingerprint density at radius 2 is 1.16 bits per heavy atom. The van der Waals surface area contributed by atoms with Crippen LogP contribution in [0.3, 0.4) is 0 Å². The van der Waals surface area contributed by atoms with Gasteiger partial charge in [0.05, 0.1) is 36.8 Å². The highest BCUT2D eigenvalue weighted by molar-refractivity contribution is 7.80. The van der Waals surface area contributed by atoms with Gasteiger partial charge in [0, 0.05) is 5.75 Å². The Kier molecular flexibility index (Phi) is 25.1. The zero-order valence-corrected chi connectivity index (χ0v) is 32.2. The van der Waals surface area contributed by atoms with Crippen LogP contribution in [-0.2, 0) is 35.2 Å². The first-order chi connectivity index (χ1) is 26.2. The molecule has 0 saturated carbocycles. The lowest BCUT2D eigenvalue weighted by molar-refractivity contribution is -0.143. The average Bonchev–Trinajstić information content (AvgIpc) is 3.14. The fourth-order valence-electron chi connectivity index (χ4n) is 5.20. The number of carbonyl (C=O) groups excluding carboxylic acids is 5. The van der Waals surface area contributed by atoms with Crippen molar-refractivity contribution in [3.63, 3.8) is 0 Å². The van der Waals surface area contributed by atoms with E-state index in [-0.39, 0.29) is 49.5 Å². The first kappa shape index (κ1) is 49.4. The minimum atomic E-state index is -1.61. The molecule has 18 N–H and O–H groups in total. The maximum absolute atomic E-state index is 14.1. The summed E-state index contributed by atoms with van der Waals surface area (Å²) in [4.78, 5) is 78.5. The predicted octanol–water partition coefficient (Wildman–Crippen LogP) is -3.87. The number of carbonyl (C=O) groups is 6. The summed E-state index contributed by atoms with van der Waals surface area (Å²) in [7, 11) is 0. The van der Waals surface area contributed by atoms with E-state index in [2.05, 4.69) is 50.3 Å². The number of hydrazine groups is 2. The Morgan fingerprint density at radius 1 is 0.691 bits per heavy atom. The molecule has 312 valence electrons. The molecule has 0 bridgehead atoms. The number of nitrogens with two attached hydrogens (primary N) is 4. The number of aromatic hydroxyl groups is 1. The second kappa shape index (κ2) is 27.9. The molecule has 0 aliphatic heterocycles. The summed E-state index contributed by atoms with van der Waals surface area (Å²) in [6.07, 6.45) is 1.81. The number of rotatable bonds is 32. The van der Waals surface area contributed by atoms with Crippen molar-refractivity contribution in [2.24, 2.45) is 22.9 Å². The van der Waals surface area contributed by atoms with Crippen molar-refractivity contribution in [2.75, 3.05) is 32.0 Å². The number of hydrogen-bond acceptors (Lipinski definition) is 18. The molecule has 0 saturated heterocycles. The van der Waals surface area contributed by atoms with Gasteiger partial charge < -0.3 is 48.9 Å². The third kappa shape index (κ3) is 19.7. The summed E-state index contributed by atoms with van der Waals surface area (Å²) >= 11 is 4.18. The normalized spacial score (nSPS) is 14.7. The summed E-state index contributed by atoms with van der Waals surface area (Å²) in [5.74, 6) is -4.90. The molecule has 6 atom stereocenters. The van der Waals surface area contributed by atoms with E-state index >= 15 is 0 Å². The molecule has 55 heavy (non-hydrogen) atoms. The minimum Gasteiger partial charge on any atom is -0.508 e. The molecule has 0 aliphatic rings. The summed E-state index contributed by atoms with van der Waals surface area (Å²) in [5.41, 5.74) is 34.1. The molecular weight excluding hydrogens is 739 g/mol. The average molecular weight is 800 g/mol. The molecule has 1 rings (SSSR count). The Balaban J connectivity index is 3.43. The number of aliphatic hydroxyl groups excluding tert-OH is 1. The number of aliphatic hydroxyl groups is 1. The predicted molar refractivity (Wildman–Crippen MR) is 208 cm³/mol. The van der Waals surface area contributed by atoms with Crippen LogP contribution in [0.4, 0.5) is 0 Å². The number of aliphatic carboxylic acids is 1. The van der Waals surface area contributed by atoms with Gasteiger partial charge in [-0.05, 0) is 95.6 Å². The van der Waals surface area contributed by atoms with Crippen molar-refractivity contribution < 1.29 is 44.1 Å². The number of thiol groups is 1. The van der Waals surface area contributed by atoms with Gasteiger partial charge >= 0.3 is 5.97 Å². The van der Waals surface area contributed by atoms with Gasteiger partial charge in [-0.3, -0.25) is 29.3 Å². The van der Waals surface area contributed by atoms with E-state index in [0.717, 1.165) is 0 Å². The molecule has 0 radical (unpaired) electrons. The van der Waals surface area contributed by atoms with Gasteiger partial charge in [0.25, 0.3) is 0 Å². The summed E-state index contributed by atoms with van der Waals surface area (Å²) < 4.78 is 0. The maximum atomic E-state index is 14.1. The van der Waals surface area contributed by atoms with Crippen LogP contribution in [0, 0.1) is 0 Å². The highest BCUT2D eigenvalue weighted by Crippen LogP contribution is 2.14. The smallest absolute Gasteiger partial charge is 0.328 e. The Hall–Kier alpha value is -3.61. The number of carboxylic acid groups (broad SMARTS) is 1. The lowest BCUT2D eigenvalue weighted by Gasteiger charge is -2.27. The number of benzene rings is 1. The van der Waals surface area contributed by atoms with Gasteiger partial charge in [0.2, 0.25) is 23.4 Å². The third-order valence-corrected chi connectivity index (χ3v) is 8.84. The van der Waals surface area contributed by atoms with Gasteiger partial charge in [-0.15, -0.1) is 0 Å². The summed E-state index contributed by atoms with van der Waals surface area (Å²) in [5, 5.41) is 36.4. The number of Topliss-reactive ketones (excluding diaryl/α,β-unsaturated/α-hetero) is 3. The molecule has 2 amide bonds. The van der Waals surface area contributed by atoms with Crippen molar-refractivity contribution in [3.8, 4) is 5.75 Å². The number of nitrogens with one attached hydrogen (secondary N) is 7. The molecule has 0 heterocycles. The van der Waals surface area contributed by atoms with Gasteiger partial charge in [-0.25, -0.2) is 26.5 Å². The summed E-state index contributed by atoms with van der Waals surface area (Å²) in [6.45, 7) is 1.45. The Labute approximate surface area is 326 Å². The number of phenols is 1. The van der Waals surface area contributed by atoms with E-state index in [1.165, 1.54) is 31.2 Å².